The molecule has 1 amide bonds. The molecule has 3 rings (SSSR count). The van der Waals surface area contributed by atoms with Crippen LogP contribution in [0.3, 0.4) is 0 Å². The van der Waals surface area contributed by atoms with Crippen molar-refractivity contribution in [2.75, 3.05) is 33.2 Å². The lowest BCUT2D eigenvalue weighted by atomic mass is 9.97. The van der Waals surface area contributed by atoms with Gasteiger partial charge in [0.05, 0.1) is 5.56 Å². The summed E-state index contributed by atoms with van der Waals surface area (Å²) in [6.45, 7) is 3.50. The summed E-state index contributed by atoms with van der Waals surface area (Å²) < 4.78 is 40.9. The number of hydrogen-bond donors (Lipinski definition) is 1. The molecule has 0 unspecified atom stereocenters. The summed E-state index contributed by atoms with van der Waals surface area (Å²) in [6, 6.07) is 10.7. The van der Waals surface area contributed by atoms with Crippen molar-refractivity contribution < 1.29 is 18.0 Å². The van der Waals surface area contributed by atoms with Crippen LogP contribution in [0.1, 0.15) is 21.5 Å². The van der Waals surface area contributed by atoms with Gasteiger partial charge in [0, 0.05) is 38.3 Å². The molecule has 27 heavy (non-hydrogen) atoms. The first-order valence-electron chi connectivity index (χ1n) is 8.75. The molecule has 2 aromatic rings. The first-order valence-corrected chi connectivity index (χ1v) is 8.75. The minimum absolute atomic E-state index is 0.281. The van der Waals surface area contributed by atoms with Crippen molar-refractivity contribution in [3.63, 3.8) is 0 Å². The first kappa shape index (κ1) is 19.4. The van der Waals surface area contributed by atoms with E-state index in [4.69, 9.17) is 5.73 Å². The fourth-order valence-electron chi connectivity index (χ4n) is 3.23. The predicted octanol–water partition coefficient (Wildman–Crippen LogP) is 3.22. The van der Waals surface area contributed by atoms with Gasteiger partial charge in [-0.25, -0.2) is 0 Å². The summed E-state index contributed by atoms with van der Waals surface area (Å²) in [7, 11) is 2.01. The molecule has 0 atom stereocenters. The number of amides is 1. The molecule has 1 aliphatic rings. The molecule has 7 heteroatoms. The van der Waals surface area contributed by atoms with E-state index in [0.717, 1.165) is 26.2 Å². The van der Waals surface area contributed by atoms with E-state index in [1.54, 1.807) is 24.3 Å². The quantitative estimate of drug-likeness (QED) is 0.890. The number of nitrogens with zero attached hydrogens (tertiary/aromatic N) is 2. The number of piperazine rings is 1. The van der Waals surface area contributed by atoms with Gasteiger partial charge in [-0.3, -0.25) is 9.69 Å². The molecule has 0 aliphatic carbocycles. The number of primary amides is 1. The molecule has 0 radical (unpaired) electrons. The monoisotopic (exact) mass is 377 g/mol. The number of carbonyl (C=O) groups is 1. The molecule has 1 heterocycles. The normalized spacial score (nSPS) is 16.4. The van der Waals surface area contributed by atoms with Crippen molar-refractivity contribution in [3.05, 3.63) is 59.2 Å². The minimum Gasteiger partial charge on any atom is -0.366 e. The van der Waals surface area contributed by atoms with Gasteiger partial charge >= 0.3 is 6.18 Å². The third kappa shape index (κ3) is 4.67. The smallest absolute Gasteiger partial charge is 0.366 e. The Bertz CT molecular complexity index is 810. The van der Waals surface area contributed by atoms with Crippen LogP contribution >= 0.6 is 0 Å². The lowest BCUT2D eigenvalue weighted by molar-refractivity contribution is -0.138. The number of alkyl halides is 3. The molecule has 0 bridgehead atoms. The van der Waals surface area contributed by atoms with Crippen LogP contribution in [-0.2, 0) is 12.7 Å². The molecule has 0 aromatic heterocycles. The lowest BCUT2D eigenvalue weighted by Gasteiger charge is -2.33. The summed E-state index contributed by atoms with van der Waals surface area (Å²) in [4.78, 5) is 15.4. The van der Waals surface area contributed by atoms with Crippen molar-refractivity contribution in [2.45, 2.75) is 12.7 Å². The number of rotatable bonds is 4. The average molecular weight is 377 g/mol. The highest BCUT2D eigenvalue weighted by Crippen LogP contribution is 2.35. The van der Waals surface area contributed by atoms with E-state index >= 15 is 0 Å². The van der Waals surface area contributed by atoms with E-state index in [-0.39, 0.29) is 12.1 Å². The molecule has 144 valence electrons. The van der Waals surface area contributed by atoms with E-state index in [9.17, 15) is 18.0 Å². The van der Waals surface area contributed by atoms with Gasteiger partial charge in [-0.2, -0.15) is 13.2 Å². The van der Waals surface area contributed by atoms with Crippen molar-refractivity contribution >= 4 is 5.91 Å². The number of benzene rings is 2. The van der Waals surface area contributed by atoms with E-state index in [1.807, 2.05) is 11.9 Å². The molecule has 1 fully saturated rings. The first-order chi connectivity index (χ1) is 12.7. The number of nitrogens with two attached hydrogens (primary N) is 1. The second kappa shape index (κ2) is 7.70. The molecule has 0 spiro atoms. The van der Waals surface area contributed by atoms with E-state index < -0.39 is 17.6 Å². The Morgan fingerprint density at radius 2 is 1.59 bits per heavy atom. The van der Waals surface area contributed by atoms with Crippen molar-refractivity contribution in [2.24, 2.45) is 5.73 Å². The maximum Gasteiger partial charge on any atom is 0.416 e. The van der Waals surface area contributed by atoms with Crippen LogP contribution in [0, 0.1) is 0 Å². The van der Waals surface area contributed by atoms with Gasteiger partial charge in [-0.05, 0) is 41.9 Å². The second-order valence-corrected chi connectivity index (χ2v) is 6.89. The zero-order chi connectivity index (χ0) is 19.6. The number of likely N-dealkylation sites (N-methyl/N-ethyl adjacent to an activating group) is 1. The summed E-state index contributed by atoms with van der Waals surface area (Å²) >= 11 is 0. The van der Waals surface area contributed by atoms with E-state index in [2.05, 4.69) is 4.90 Å². The van der Waals surface area contributed by atoms with Gasteiger partial charge in [0.2, 0.25) is 5.91 Å². The number of halogens is 3. The lowest BCUT2D eigenvalue weighted by Crippen LogP contribution is -2.44. The zero-order valence-electron chi connectivity index (χ0n) is 15.1. The maximum atomic E-state index is 13.6. The fourth-order valence-corrected chi connectivity index (χ4v) is 3.23. The minimum atomic E-state index is -4.43. The Morgan fingerprint density at radius 1 is 1.00 bits per heavy atom. The third-order valence-electron chi connectivity index (χ3n) is 4.91. The topological polar surface area (TPSA) is 49.6 Å². The molecule has 4 nitrogen and oxygen atoms in total. The molecular weight excluding hydrogens is 355 g/mol. The summed E-state index contributed by atoms with van der Waals surface area (Å²) in [5.41, 5.74) is 6.26. The van der Waals surface area contributed by atoms with Gasteiger partial charge in [0.25, 0.3) is 0 Å². The van der Waals surface area contributed by atoms with Crippen LogP contribution in [0.15, 0.2) is 42.5 Å². The average Bonchev–Trinajstić information content (AvgIpc) is 2.63. The predicted molar refractivity (Wildman–Crippen MR) is 98.2 cm³/mol. The summed E-state index contributed by atoms with van der Waals surface area (Å²) in [5.74, 6) is -0.569. The highest BCUT2D eigenvalue weighted by Gasteiger charge is 2.34. The van der Waals surface area contributed by atoms with Crippen LogP contribution in [0.2, 0.25) is 0 Å². The SMILES string of the molecule is CN1CCN(Cc2ccc(-c3ccc(C(N)=O)cc3)cc2C(F)(F)F)CC1. The van der Waals surface area contributed by atoms with Crippen molar-refractivity contribution in [3.8, 4) is 11.1 Å². The van der Waals surface area contributed by atoms with Crippen LogP contribution in [0.4, 0.5) is 13.2 Å². The third-order valence-corrected chi connectivity index (χ3v) is 4.91. The van der Waals surface area contributed by atoms with Crippen LogP contribution in [0.25, 0.3) is 11.1 Å². The molecule has 2 aromatic carbocycles. The van der Waals surface area contributed by atoms with Crippen LogP contribution in [0.5, 0.6) is 0 Å². The van der Waals surface area contributed by atoms with Gasteiger partial charge in [-0.15, -0.1) is 0 Å². The van der Waals surface area contributed by atoms with E-state index in [1.165, 1.54) is 18.2 Å². The zero-order valence-corrected chi connectivity index (χ0v) is 15.1. The molecule has 2 N–H and O–H groups in total. The van der Waals surface area contributed by atoms with Crippen molar-refractivity contribution in [1.82, 2.24) is 9.80 Å². The molecule has 1 saturated heterocycles. The fraction of sp³-hybridized carbons (Fsp3) is 0.350. The maximum absolute atomic E-state index is 13.6. The standard InChI is InChI=1S/C20H22F3N3O/c1-25-8-10-26(11-9-25)13-17-7-6-16(12-18(17)20(21,22)23)14-2-4-15(5-3-14)19(24)27/h2-7,12H,8-11,13H2,1H3,(H2,24,27). The Kier molecular flexibility index (Phi) is 5.53. The van der Waals surface area contributed by atoms with Crippen LogP contribution < -0.4 is 5.73 Å². The Morgan fingerprint density at radius 3 is 2.15 bits per heavy atom. The van der Waals surface area contributed by atoms with Gasteiger partial charge < -0.3 is 10.6 Å². The summed E-state index contributed by atoms with van der Waals surface area (Å²) in [6.07, 6.45) is -4.43. The Labute approximate surface area is 156 Å². The highest BCUT2D eigenvalue weighted by molar-refractivity contribution is 5.93. The highest BCUT2D eigenvalue weighted by atomic mass is 19.4. The number of carbonyl (C=O) groups excluding carboxylic acids is 1. The Hall–Kier alpha value is -2.38. The number of hydrogen-bond acceptors (Lipinski definition) is 3. The van der Waals surface area contributed by atoms with Gasteiger partial charge in [0.15, 0.2) is 0 Å². The van der Waals surface area contributed by atoms with Crippen LogP contribution in [-0.4, -0.2) is 48.9 Å². The van der Waals surface area contributed by atoms with Gasteiger partial charge in [0.1, 0.15) is 0 Å². The van der Waals surface area contributed by atoms with Crippen molar-refractivity contribution in [1.29, 1.82) is 0 Å². The largest absolute Gasteiger partial charge is 0.416 e. The van der Waals surface area contributed by atoms with E-state index in [0.29, 0.717) is 16.7 Å². The molecule has 1 aliphatic heterocycles. The summed E-state index contributed by atoms with van der Waals surface area (Å²) in [5, 5.41) is 0. The van der Waals surface area contributed by atoms with Gasteiger partial charge in [-0.1, -0.05) is 24.3 Å². The Balaban J connectivity index is 1.88. The molecular formula is C20H22F3N3O. The second-order valence-electron chi connectivity index (χ2n) is 6.89. The molecule has 0 saturated carbocycles.